The molecule has 0 unspecified atom stereocenters. The summed E-state index contributed by atoms with van der Waals surface area (Å²) in [6.07, 6.45) is 6.43. The van der Waals surface area contributed by atoms with Gasteiger partial charge in [-0.1, -0.05) is 0 Å². The summed E-state index contributed by atoms with van der Waals surface area (Å²) >= 11 is 0. The molecule has 0 radical (unpaired) electrons. The maximum atomic E-state index is 12.5. The molecule has 0 atom stereocenters. The topological polar surface area (TPSA) is 89.6 Å². The average molecular weight is 381 g/mol. The Hall–Kier alpha value is -3.09. The lowest BCUT2D eigenvalue weighted by molar-refractivity contribution is -0.120. The number of carbonyl (C=O) groups is 2. The van der Waals surface area contributed by atoms with E-state index in [9.17, 15) is 9.59 Å². The molecular formula is C21H23N3O4. The summed E-state index contributed by atoms with van der Waals surface area (Å²) in [6.45, 7) is 2.13. The summed E-state index contributed by atoms with van der Waals surface area (Å²) in [5.41, 5.74) is 2.30. The van der Waals surface area contributed by atoms with E-state index in [0.717, 1.165) is 36.9 Å². The van der Waals surface area contributed by atoms with Crippen molar-refractivity contribution >= 4 is 17.5 Å². The zero-order chi connectivity index (χ0) is 19.5. The first-order valence-corrected chi connectivity index (χ1v) is 9.52. The lowest BCUT2D eigenvalue weighted by Crippen LogP contribution is -2.39. The van der Waals surface area contributed by atoms with Gasteiger partial charge in [-0.15, -0.1) is 0 Å². The number of pyridine rings is 1. The van der Waals surface area contributed by atoms with Crippen molar-refractivity contribution in [2.24, 2.45) is 5.92 Å². The van der Waals surface area contributed by atoms with Crippen molar-refractivity contribution in [3.8, 4) is 11.5 Å². The Labute approximate surface area is 163 Å². The Balaban J connectivity index is 1.29. The van der Waals surface area contributed by atoms with E-state index in [2.05, 4.69) is 15.6 Å². The normalized spacial score (nSPS) is 20.5. The van der Waals surface area contributed by atoms with Crippen LogP contribution >= 0.6 is 0 Å². The monoisotopic (exact) mass is 381 g/mol. The fourth-order valence-corrected chi connectivity index (χ4v) is 3.64. The van der Waals surface area contributed by atoms with E-state index in [1.165, 1.54) is 0 Å². The number of benzene rings is 1. The number of anilines is 1. The largest absolute Gasteiger partial charge is 0.454 e. The zero-order valence-electron chi connectivity index (χ0n) is 15.7. The summed E-state index contributed by atoms with van der Waals surface area (Å²) in [6, 6.07) is 7.13. The molecule has 4 rings (SSSR count). The molecule has 0 bridgehead atoms. The van der Waals surface area contributed by atoms with E-state index >= 15 is 0 Å². The van der Waals surface area contributed by atoms with Gasteiger partial charge in [0, 0.05) is 23.7 Å². The van der Waals surface area contributed by atoms with Gasteiger partial charge in [0.25, 0.3) is 5.91 Å². The first-order valence-electron chi connectivity index (χ1n) is 9.52. The summed E-state index contributed by atoms with van der Waals surface area (Å²) in [4.78, 5) is 29.1. The van der Waals surface area contributed by atoms with Gasteiger partial charge in [0.05, 0.1) is 11.9 Å². The molecule has 28 heavy (non-hydrogen) atoms. The van der Waals surface area contributed by atoms with Crippen LogP contribution in [0.2, 0.25) is 0 Å². The van der Waals surface area contributed by atoms with Gasteiger partial charge < -0.3 is 20.1 Å². The van der Waals surface area contributed by atoms with Gasteiger partial charge in [0.2, 0.25) is 12.7 Å². The second-order valence-electron chi connectivity index (χ2n) is 7.27. The number of nitrogens with one attached hydrogen (secondary N) is 2. The van der Waals surface area contributed by atoms with Gasteiger partial charge in [-0.05, 0) is 62.4 Å². The predicted molar refractivity (Wildman–Crippen MR) is 103 cm³/mol. The first kappa shape index (κ1) is 18.3. The summed E-state index contributed by atoms with van der Waals surface area (Å²) in [7, 11) is 0. The van der Waals surface area contributed by atoms with E-state index < -0.39 is 0 Å². The Morgan fingerprint density at radius 2 is 1.86 bits per heavy atom. The van der Waals surface area contributed by atoms with Crippen molar-refractivity contribution in [2.75, 3.05) is 12.1 Å². The number of fused-ring (bicyclic) bond motifs is 1. The van der Waals surface area contributed by atoms with E-state index in [-0.39, 0.29) is 30.6 Å². The smallest absolute Gasteiger partial charge is 0.251 e. The van der Waals surface area contributed by atoms with Gasteiger partial charge in [-0.3, -0.25) is 14.6 Å². The van der Waals surface area contributed by atoms with Gasteiger partial charge in [0.1, 0.15) is 0 Å². The quantitative estimate of drug-likeness (QED) is 0.850. The van der Waals surface area contributed by atoms with Crippen molar-refractivity contribution in [1.82, 2.24) is 10.3 Å². The molecule has 1 aliphatic heterocycles. The highest BCUT2D eigenvalue weighted by atomic mass is 16.7. The fourth-order valence-electron chi connectivity index (χ4n) is 3.64. The van der Waals surface area contributed by atoms with Crippen molar-refractivity contribution < 1.29 is 19.1 Å². The molecule has 2 heterocycles. The number of hydrogen-bond donors (Lipinski definition) is 2. The number of hydrogen-bond acceptors (Lipinski definition) is 5. The van der Waals surface area contributed by atoms with Gasteiger partial charge >= 0.3 is 0 Å². The fraction of sp³-hybridized carbons (Fsp3) is 0.381. The second-order valence-corrected chi connectivity index (χ2v) is 7.27. The van der Waals surface area contributed by atoms with Crippen molar-refractivity contribution in [3.05, 3.63) is 47.8 Å². The SMILES string of the molecule is Cc1ccncc1NC(=O)C1CCC(NC(=O)c2ccc3c(c2)OCO3)CC1. The summed E-state index contributed by atoms with van der Waals surface area (Å²) in [5.74, 6) is 1.11. The van der Waals surface area contributed by atoms with Crippen LogP contribution in [0.15, 0.2) is 36.7 Å². The van der Waals surface area contributed by atoms with E-state index in [1.807, 2.05) is 13.0 Å². The molecule has 7 nitrogen and oxygen atoms in total. The molecule has 2 aromatic rings. The minimum absolute atomic E-state index is 0.0247. The zero-order valence-corrected chi connectivity index (χ0v) is 15.7. The third-order valence-corrected chi connectivity index (χ3v) is 5.36. The third-order valence-electron chi connectivity index (χ3n) is 5.36. The Morgan fingerprint density at radius 3 is 2.64 bits per heavy atom. The van der Waals surface area contributed by atoms with E-state index in [4.69, 9.17) is 9.47 Å². The van der Waals surface area contributed by atoms with E-state index in [0.29, 0.717) is 17.1 Å². The first-order chi connectivity index (χ1) is 13.6. The summed E-state index contributed by atoms with van der Waals surface area (Å²) < 4.78 is 10.6. The summed E-state index contributed by atoms with van der Waals surface area (Å²) in [5, 5.41) is 6.04. The highest BCUT2D eigenvalue weighted by Crippen LogP contribution is 2.33. The maximum Gasteiger partial charge on any atom is 0.251 e. The van der Waals surface area contributed by atoms with Crippen LogP contribution in [-0.4, -0.2) is 29.6 Å². The minimum atomic E-state index is -0.128. The molecule has 146 valence electrons. The highest BCUT2D eigenvalue weighted by molar-refractivity contribution is 5.95. The van der Waals surface area contributed by atoms with Crippen molar-refractivity contribution in [3.63, 3.8) is 0 Å². The molecule has 0 spiro atoms. The van der Waals surface area contributed by atoms with Gasteiger partial charge in [-0.25, -0.2) is 0 Å². The van der Waals surface area contributed by atoms with Crippen molar-refractivity contribution in [2.45, 2.75) is 38.6 Å². The molecule has 2 N–H and O–H groups in total. The van der Waals surface area contributed by atoms with Crippen LogP contribution in [-0.2, 0) is 4.79 Å². The highest BCUT2D eigenvalue weighted by Gasteiger charge is 2.28. The van der Waals surface area contributed by atoms with E-state index in [1.54, 1.807) is 30.6 Å². The molecule has 1 saturated carbocycles. The molecule has 2 amide bonds. The molecule has 1 aromatic heterocycles. The molecular weight excluding hydrogens is 358 g/mol. The maximum absolute atomic E-state index is 12.5. The number of aryl methyl sites for hydroxylation is 1. The number of ether oxygens (including phenoxy) is 2. The molecule has 7 heteroatoms. The van der Waals surface area contributed by atoms with Crippen LogP contribution in [0.5, 0.6) is 11.5 Å². The Kier molecular flexibility index (Phi) is 5.14. The van der Waals surface area contributed by atoms with Gasteiger partial charge in [0.15, 0.2) is 11.5 Å². The standard InChI is InChI=1S/C21H23N3O4/c1-13-8-9-22-11-17(13)24-20(25)14-2-5-16(6-3-14)23-21(26)15-4-7-18-19(10-15)28-12-27-18/h4,7-11,14,16H,2-3,5-6,12H2,1H3,(H,23,26)(H,24,25). The number of aromatic nitrogens is 1. The molecule has 1 aliphatic carbocycles. The predicted octanol–water partition coefficient (Wildman–Crippen LogP) is 3.05. The molecule has 1 aromatic carbocycles. The average Bonchev–Trinajstić information content (AvgIpc) is 3.18. The van der Waals surface area contributed by atoms with Crippen LogP contribution in [0, 0.1) is 12.8 Å². The Morgan fingerprint density at radius 1 is 1.07 bits per heavy atom. The lowest BCUT2D eigenvalue weighted by atomic mass is 9.85. The van der Waals surface area contributed by atoms with Crippen molar-refractivity contribution in [1.29, 1.82) is 0 Å². The number of carbonyl (C=O) groups excluding carboxylic acids is 2. The van der Waals surface area contributed by atoms with Gasteiger partial charge in [-0.2, -0.15) is 0 Å². The molecule has 2 aliphatic rings. The Bertz CT molecular complexity index is 891. The third kappa shape index (κ3) is 3.93. The van der Waals surface area contributed by atoms with Crippen LogP contribution in [0.1, 0.15) is 41.6 Å². The molecule has 1 fully saturated rings. The number of rotatable bonds is 4. The van der Waals surface area contributed by atoms with Crippen LogP contribution in [0.25, 0.3) is 0 Å². The van der Waals surface area contributed by atoms with Crippen LogP contribution < -0.4 is 20.1 Å². The lowest BCUT2D eigenvalue weighted by Gasteiger charge is -2.28. The van der Waals surface area contributed by atoms with Crippen LogP contribution in [0.4, 0.5) is 5.69 Å². The second kappa shape index (κ2) is 7.88. The van der Waals surface area contributed by atoms with Crippen LogP contribution in [0.3, 0.4) is 0 Å². The number of nitrogens with zero attached hydrogens (tertiary/aromatic N) is 1. The number of amides is 2. The molecule has 0 saturated heterocycles. The minimum Gasteiger partial charge on any atom is -0.454 e.